The van der Waals surface area contributed by atoms with E-state index >= 15 is 0 Å². The van der Waals surface area contributed by atoms with Crippen LogP contribution in [0.15, 0.2) is 23.2 Å². The number of guanidine groups is 1. The summed E-state index contributed by atoms with van der Waals surface area (Å²) in [6.07, 6.45) is 0.495. The summed E-state index contributed by atoms with van der Waals surface area (Å²) in [7, 11) is 0. The minimum atomic E-state index is -0.552. The fourth-order valence-electron chi connectivity index (χ4n) is 1.71. The van der Waals surface area contributed by atoms with E-state index in [1.165, 1.54) is 12.1 Å². The van der Waals surface area contributed by atoms with Crippen molar-refractivity contribution in [1.29, 1.82) is 0 Å². The van der Waals surface area contributed by atoms with Crippen LogP contribution in [0.3, 0.4) is 0 Å². The molecule has 0 amide bonds. The zero-order valence-corrected chi connectivity index (χ0v) is 12.6. The predicted octanol–water partition coefficient (Wildman–Crippen LogP) is 2.86. The van der Waals surface area contributed by atoms with Crippen LogP contribution in [0.1, 0.15) is 33.3 Å². The molecular weight excluding hydrogens is 260 g/mol. The van der Waals surface area contributed by atoms with Crippen molar-refractivity contribution < 1.29 is 8.78 Å². The van der Waals surface area contributed by atoms with Crippen LogP contribution in [0, 0.1) is 11.6 Å². The Kier molecular flexibility index (Phi) is 5.92. The predicted molar refractivity (Wildman–Crippen MR) is 78.9 cm³/mol. The number of nitrogens with one attached hydrogen (secondary N) is 2. The molecule has 1 aromatic carbocycles. The standard InChI is InChI=1S/C15H23F2N3/c1-5-18-14(20-15(2,3)4)19-7-6-11-8-12(16)10-13(17)9-11/h8-10H,5-7H2,1-4H3,(H2,18,19,20). The molecule has 1 rings (SSSR count). The quantitative estimate of drug-likeness (QED) is 0.658. The molecule has 5 heteroatoms. The number of rotatable bonds is 4. The van der Waals surface area contributed by atoms with E-state index in [4.69, 9.17) is 0 Å². The van der Waals surface area contributed by atoms with Gasteiger partial charge in [0.15, 0.2) is 5.96 Å². The van der Waals surface area contributed by atoms with Crippen LogP contribution in [-0.4, -0.2) is 24.6 Å². The third kappa shape index (κ3) is 6.50. The molecule has 0 aliphatic carbocycles. The molecule has 0 fully saturated rings. The topological polar surface area (TPSA) is 36.4 Å². The van der Waals surface area contributed by atoms with Gasteiger partial charge in [0.2, 0.25) is 0 Å². The lowest BCUT2D eigenvalue weighted by molar-refractivity contribution is 0.501. The van der Waals surface area contributed by atoms with Crippen LogP contribution in [-0.2, 0) is 6.42 Å². The fraction of sp³-hybridized carbons (Fsp3) is 0.533. The van der Waals surface area contributed by atoms with Crippen molar-refractivity contribution in [3.05, 3.63) is 35.4 Å². The average molecular weight is 283 g/mol. The Morgan fingerprint density at radius 1 is 1.15 bits per heavy atom. The first-order chi connectivity index (χ1) is 9.30. The Morgan fingerprint density at radius 2 is 1.75 bits per heavy atom. The van der Waals surface area contributed by atoms with Crippen LogP contribution in [0.25, 0.3) is 0 Å². The Morgan fingerprint density at radius 3 is 2.25 bits per heavy atom. The molecule has 20 heavy (non-hydrogen) atoms. The lowest BCUT2D eigenvalue weighted by Crippen LogP contribution is -2.47. The maximum absolute atomic E-state index is 13.1. The van der Waals surface area contributed by atoms with Crippen molar-refractivity contribution in [1.82, 2.24) is 10.6 Å². The summed E-state index contributed by atoms with van der Waals surface area (Å²) < 4.78 is 26.1. The second-order valence-electron chi connectivity index (χ2n) is 5.66. The summed E-state index contributed by atoms with van der Waals surface area (Å²) in [6.45, 7) is 9.35. The normalized spacial score (nSPS) is 12.4. The van der Waals surface area contributed by atoms with Gasteiger partial charge in [-0.1, -0.05) is 0 Å². The van der Waals surface area contributed by atoms with Crippen LogP contribution < -0.4 is 10.6 Å². The zero-order chi connectivity index (χ0) is 15.2. The molecule has 0 bridgehead atoms. The van der Waals surface area contributed by atoms with Crippen molar-refractivity contribution in [2.24, 2.45) is 4.99 Å². The van der Waals surface area contributed by atoms with E-state index in [1.807, 2.05) is 27.7 Å². The highest BCUT2D eigenvalue weighted by Crippen LogP contribution is 2.08. The summed E-state index contributed by atoms with van der Waals surface area (Å²) in [5, 5.41) is 6.40. The monoisotopic (exact) mass is 283 g/mol. The smallest absolute Gasteiger partial charge is 0.191 e. The third-order valence-electron chi connectivity index (χ3n) is 2.43. The molecule has 112 valence electrons. The van der Waals surface area contributed by atoms with Crippen molar-refractivity contribution in [3.63, 3.8) is 0 Å². The van der Waals surface area contributed by atoms with Gasteiger partial charge in [-0.05, 0) is 51.8 Å². The lowest BCUT2D eigenvalue weighted by atomic mass is 10.1. The molecule has 0 radical (unpaired) electrons. The second kappa shape index (κ2) is 7.22. The molecule has 0 saturated heterocycles. The maximum Gasteiger partial charge on any atom is 0.191 e. The molecule has 3 nitrogen and oxygen atoms in total. The summed E-state index contributed by atoms with van der Waals surface area (Å²) >= 11 is 0. The maximum atomic E-state index is 13.1. The SMILES string of the molecule is CCNC(=NCCc1cc(F)cc(F)c1)NC(C)(C)C. The Balaban J connectivity index is 2.63. The van der Waals surface area contributed by atoms with E-state index < -0.39 is 11.6 Å². The molecule has 0 aliphatic rings. The lowest BCUT2D eigenvalue weighted by Gasteiger charge is -2.23. The first-order valence-electron chi connectivity index (χ1n) is 6.81. The highest BCUT2D eigenvalue weighted by molar-refractivity contribution is 5.80. The number of nitrogens with zero attached hydrogens (tertiary/aromatic N) is 1. The molecule has 0 unspecified atom stereocenters. The van der Waals surface area contributed by atoms with E-state index in [2.05, 4.69) is 15.6 Å². The Bertz CT molecular complexity index is 444. The highest BCUT2D eigenvalue weighted by atomic mass is 19.1. The van der Waals surface area contributed by atoms with Gasteiger partial charge in [-0.25, -0.2) is 8.78 Å². The number of halogens is 2. The van der Waals surface area contributed by atoms with Gasteiger partial charge < -0.3 is 10.6 Å². The molecule has 0 heterocycles. The minimum absolute atomic E-state index is 0.0913. The van der Waals surface area contributed by atoms with E-state index in [1.54, 1.807) is 0 Å². The van der Waals surface area contributed by atoms with E-state index in [0.717, 1.165) is 12.6 Å². The third-order valence-corrected chi connectivity index (χ3v) is 2.43. The molecule has 0 aliphatic heterocycles. The summed E-state index contributed by atoms with van der Waals surface area (Å²) in [6, 6.07) is 3.55. The van der Waals surface area contributed by atoms with Crippen LogP contribution in [0.5, 0.6) is 0 Å². The first kappa shape index (κ1) is 16.4. The van der Waals surface area contributed by atoms with Gasteiger partial charge >= 0.3 is 0 Å². The van der Waals surface area contributed by atoms with Crippen molar-refractivity contribution >= 4 is 5.96 Å². The van der Waals surface area contributed by atoms with Gasteiger partial charge in [0, 0.05) is 24.7 Å². The Labute approximate surface area is 119 Å². The fourth-order valence-corrected chi connectivity index (χ4v) is 1.71. The van der Waals surface area contributed by atoms with E-state index in [-0.39, 0.29) is 5.54 Å². The van der Waals surface area contributed by atoms with Crippen LogP contribution in [0.4, 0.5) is 8.78 Å². The van der Waals surface area contributed by atoms with Crippen molar-refractivity contribution in [3.8, 4) is 0 Å². The van der Waals surface area contributed by atoms with E-state index in [0.29, 0.717) is 24.5 Å². The summed E-state index contributed by atoms with van der Waals surface area (Å²) in [5.74, 6) is -0.399. The molecule has 1 aromatic rings. The molecule has 0 aromatic heterocycles. The molecule has 0 saturated carbocycles. The number of hydrogen-bond donors (Lipinski definition) is 2. The minimum Gasteiger partial charge on any atom is -0.357 e. The highest BCUT2D eigenvalue weighted by Gasteiger charge is 2.11. The number of benzene rings is 1. The van der Waals surface area contributed by atoms with Gasteiger partial charge in [-0.3, -0.25) is 4.99 Å². The number of aliphatic imine (C=N–C) groups is 1. The number of hydrogen-bond acceptors (Lipinski definition) is 1. The molecule has 0 spiro atoms. The molecule has 2 N–H and O–H groups in total. The van der Waals surface area contributed by atoms with Gasteiger partial charge in [0.25, 0.3) is 0 Å². The summed E-state index contributed by atoms with van der Waals surface area (Å²) in [4.78, 5) is 4.40. The molecule has 0 atom stereocenters. The van der Waals surface area contributed by atoms with Gasteiger partial charge in [0.05, 0.1) is 0 Å². The zero-order valence-electron chi connectivity index (χ0n) is 12.6. The Hall–Kier alpha value is -1.65. The van der Waals surface area contributed by atoms with Crippen molar-refractivity contribution in [2.45, 2.75) is 39.7 Å². The van der Waals surface area contributed by atoms with E-state index in [9.17, 15) is 8.78 Å². The van der Waals surface area contributed by atoms with Gasteiger partial charge in [0.1, 0.15) is 11.6 Å². The average Bonchev–Trinajstić information content (AvgIpc) is 2.25. The second-order valence-corrected chi connectivity index (χ2v) is 5.66. The van der Waals surface area contributed by atoms with Gasteiger partial charge in [-0.15, -0.1) is 0 Å². The van der Waals surface area contributed by atoms with Gasteiger partial charge in [-0.2, -0.15) is 0 Å². The van der Waals surface area contributed by atoms with Crippen LogP contribution >= 0.6 is 0 Å². The molecular formula is C15H23F2N3. The van der Waals surface area contributed by atoms with Crippen molar-refractivity contribution in [2.75, 3.05) is 13.1 Å². The largest absolute Gasteiger partial charge is 0.357 e. The van der Waals surface area contributed by atoms with Crippen LogP contribution in [0.2, 0.25) is 0 Å². The summed E-state index contributed by atoms with van der Waals surface area (Å²) in [5.41, 5.74) is 0.518. The first-order valence-corrected chi connectivity index (χ1v) is 6.81.